The number of aryl methyl sites for hydroxylation is 1. The van der Waals surface area contributed by atoms with E-state index < -0.39 is 0 Å². The SMILES string of the molecule is CCn1c(=NC#N)n(C2CCN(C3CCCCCCC3)CC2)c2ccccc21. The van der Waals surface area contributed by atoms with Gasteiger partial charge in [0, 0.05) is 31.7 Å². The number of hydrogen-bond donors (Lipinski definition) is 0. The highest BCUT2D eigenvalue weighted by Crippen LogP contribution is 2.29. The maximum atomic E-state index is 9.30. The first-order chi connectivity index (χ1) is 13.8. The van der Waals surface area contributed by atoms with Crippen LogP contribution < -0.4 is 5.62 Å². The average molecular weight is 380 g/mol. The van der Waals surface area contributed by atoms with E-state index in [4.69, 9.17) is 0 Å². The van der Waals surface area contributed by atoms with Crippen LogP contribution in [0.2, 0.25) is 0 Å². The second-order valence-electron chi connectivity index (χ2n) is 8.38. The molecule has 2 heterocycles. The topological polar surface area (TPSA) is 49.2 Å². The molecule has 0 radical (unpaired) electrons. The summed E-state index contributed by atoms with van der Waals surface area (Å²) in [6.07, 6.45) is 14.1. The lowest BCUT2D eigenvalue weighted by atomic mass is 9.93. The van der Waals surface area contributed by atoms with Crippen molar-refractivity contribution in [2.45, 2.75) is 83.3 Å². The largest absolute Gasteiger partial charge is 0.310 e. The van der Waals surface area contributed by atoms with Gasteiger partial charge in [0.05, 0.1) is 11.0 Å². The minimum atomic E-state index is 0.426. The molecule has 0 bridgehead atoms. The number of rotatable bonds is 3. The summed E-state index contributed by atoms with van der Waals surface area (Å²) in [5.74, 6) is 0. The van der Waals surface area contributed by atoms with Gasteiger partial charge in [-0.05, 0) is 44.7 Å². The second kappa shape index (κ2) is 8.96. The summed E-state index contributed by atoms with van der Waals surface area (Å²) in [4.78, 5) is 6.99. The van der Waals surface area contributed by atoms with Crippen LogP contribution in [0.25, 0.3) is 11.0 Å². The summed E-state index contributed by atoms with van der Waals surface area (Å²) in [7, 11) is 0. The van der Waals surface area contributed by atoms with Crippen molar-refractivity contribution in [2.24, 2.45) is 4.99 Å². The summed E-state index contributed by atoms with van der Waals surface area (Å²) >= 11 is 0. The van der Waals surface area contributed by atoms with Crippen molar-refractivity contribution in [3.63, 3.8) is 0 Å². The molecule has 1 aromatic heterocycles. The third kappa shape index (κ3) is 3.75. The Morgan fingerprint density at radius 3 is 2.21 bits per heavy atom. The molecule has 0 unspecified atom stereocenters. The van der Waals surface area contributed by atoms with Crippen LogP contribution in [0.4, 0.5) is 0 Å². The van der Waals surface area contributed by atoms with E-state index in [0.29, 0.717) is 6.04 Å². The molecule has 2 aromatic rings. The van der Waals surface area contributed by atoms with E-state index in [0.717, 1.165) is 31.0 Å². The molecule has 0 amide bonds. The zero-order valence-corrected chi connectivity index (χ0v) is 17.2. The van der Waals surface area contributed by atoms with Crippen molar-refractivity contribution in [2.75, 3.05) is 13.1 Å². The number of nitrogens with zero attached hydrogens (tertiary/aromatic N) is 5. The van der Waals surface area contributed by atoms with Gasteiger partial charge in [-0.3, -0.25) is 0 Å². The maximum absolute atomic E-state index is 9.30. The molecule has 2 aliphatic rings. The quantitative estimate of drug-likeness (QED) is 0.732. The van der Waals surface area contributed by atoms with Crippen LogP contribution in [0.1, 0.15) is 70.8 Å². The van der Waals surface area contributed by atoms with Gasteiger partial charge < -0.3 is 14.0 Å². The second-order valence-corrected chi connectivity index (χ2v) is 8.38. The maximum Gasteiger partial charge on any atom is 0.221 e. The van der Waals surface area contributed by atoms with Gasteiger partial charge in [0.1, 0.15) is 0 Å². The zero-order chi connectivity index (χ0) is 19.3. The Balaban J connectivity index is 1.58. The van der Waals surface area contributed by atoms with Gasteiger partial charge in [-0.1, -0.05) is 44.2 Å². The Bertz CT molecular complexity index is 884. The van der Waals surface area contributed by atoms with E-state index in [1.54, 1.807) is 0 Å². The zero-order valence-electron chi connectivity index (χ0n) is 17.2. The molecule has 2 fully saturated rings. The normalized spacial score (nSPS) is 21.5. The number of imidazole rings is 1. The first-order valence-electron chi connectivity index (χ1n) is 11.2. The number of nitriles is 1. The molecule has 5 nitrogen and oxygen atoms in total. The highest BCUT2D eigenvalue weighted by atomic mass is 15.2. The number of likely N-dealkylation sites (tertiary alicyclic amines) is 1. The van der Waals surface area contributed by atoms with Crippen molar-refractivity contribution < 1.29 is 0 Å². The summed E-state index contributed by atoms with van der Waals surface area (Å²) < 4.78 is 4.53. The minimum Gasteiger partial charge on any atom is -0.310 e. The number of fused-ring (bicyclic) bond motifs is 1. The van der Waals surface area contributed by atoms with Crippen molar-refractivity contribution in [1.82, 2.24) is 14.0 Å². The number of benzene rings is 1. The fraction of sp³-hybridized carbons (Fsp3) is 0.652. The molecule has 0 N–H and O–H groups in total. The molecule has 28 heavy (non-hydrogen) atoms. The Kier molecular flexibility index (Phi) is 6.17. The van der Waals surface area contributed by atoms with Gasteiger partial charge >= 0.3 is 0 Å². The van der Waals surface area contributed by atoms with E-state index in [1.807, 2.05) is 6.19 Å². The Labute approximate surface area is 168 Å². The highest BCUT2D eigenvalue weighted by Gasteiger charge is 2.28. The van der Waals surface area contributed by atoms with Crippen molar-refractivity contribution in [1.29, 1.82) is 5.26 Å². The summed E-state index contributed by atoms with van der Waals surface area (Å²) in [6.45, 7) is 5.29. The molecule has 0 atom stereocenters. The van der Waals surface area contributed by atoms with Crippen LogP contribution in [0.15, 0.2) is 29.3 Å². The molecule has 4 rings (SSSR count). The highest BCUT2D eigenvalue weighted by molar-refractivity contribution is 5.76. The standard InChI is InChI=1S/C23H33N5/c1-2-27-21-12-8-9-13-22(21)28(23(27)25-18-24)20-14-16-26(17-15-20)19-10-6-4-3-5-7-11-19/h8-9,12-13,19-20H,2-7,10-11,14-17H2,1H3. The van der Waals surface area contributed by atoms with Gasteiger partial charge in [0.2, 0.25) is 11.8 Å². The van der Waals surface area contributed by atoms with Crippen molar-refractivity contribution >= 4 is 11.0 Å². The van der Waals surface area contributed by atoms with Crippen LogP contribution in [0.3, 0.4) is 0 Å². The van der Waals surface area contributed by atoms with Gasteiger partial charge in [0.15, 0.2) is 0 Å². The fourth-order valence-corrected chi connectivity index (χ4v) is 5.38. The lowest BCUT2D eigenvalue weighted by molar-refractivity contribution is 0.115. The van der Waals surface area contributed by atoms with E-state index in [1.165, 1.54) is 69.1 Å². The minimum absolute atomic E-state index is 0.426. The summed E-state index contributed by atoms with van der Waals surface area (Å²) in [6, 6.07) is 9.71. The molecular weight excluding hydrogens is 346 g/mol. The third-order valence-corrected chi connectivity index (χ3v) is 6.81. The molecule has 5 heteroatoms. The lowest BCUT2D eigenvalue weighted by Crippen LogP contribution is -2.43. The van der Waals surface area contributed by atoms with Gasteiger partial charge in [-0.15, -0.1) is 4.99 Å². The van der Waals surface area contributed by atoms with Crippen LogP contribution >= 0.6 is 0 Å². The third-order valence-electron chi connectivity index (χ3n) is 6.81. The number of aromatic nitrogens is 2. The molecule has 150 valence electrons. The first-order valence-corrected chi connectivity index (χ1v) is 11.2. The monoisotopic (exact) mass is 379 g/mol. The van der Waals surface area contributed by atoms with Gasteiger partial charge in [0.25, 0.3) is 0 Å². The molecular formula is C23H33N5. The van der Waals surface area contributed by atoms with Gasteiger partial charge in [-0.2, -0.15) is 5.26 Å². The van der Waals surface area contributed by atoms with E-state index in [2.05, 4.69) is 50.2 Å². The molecule has 1 aromatic carbocycles. The Morgan fingerprint density at radius 2 is 1.57 bits per heavy atom. The molecule has 1 aliphatic carbocycles. The lowest BCUT2D eigenvalue weighted by Gasteiger charge is -2.39. The molecule has 1 saturated heterocycles. The average Bonchev–Trinajstić information content (AvgIpc) is 3.01. The van der Waals surface area contributed by atoms with Crippen LogP contribution in [-0.2, 0) is 6.54 Å². The fourth-order valence-electron chi connectivity index (χ4n) is 5.38. The first kappa shape index (κ1) is 19.3. The van der Waals surface area contributed by atoms with E-state index in [-0.39, 0.29) is 0 Å². The van der Waals surface area contributed by atoms with Crippen molar-refractivity contribution in [3.8, 4) is 6.19 Å². The number of piperidine rings is 1. The number of hydrogen-bond acceptors (Lipinski definition) is 3. The predicted molar refractivity (Wildman–Crippen MR) is 113 cm³/mol. The van der Waals surface area contributed by atoms with Gasteiger partial charge in [-0.25, -0.2) is 0 Å². The Morgan fingerprint density at radius 1 is 0.929 bits per heavy atom. The smallest absolute Gasteiger partial charge is 0.221 e. The van der Waals surface area contributed by atoms with Crippen molar-refractivity contribution in [3.05, 3.63) is 29.9 Å². The van der Waals surface area contributed by atoms with Crippen LogP contribution in [0, 0.1) is 11.5 Å². The Hall–Kier alpha value is -2.06. The summed E-state index contributed by atoms with van der Waals surface area (Å²) in [5.41, 5.74) is 3.21. The van der Waals surface area contributed by atoms with E-state index >= 15 is 0 Å². The predicted octanol–water partition coefficient (Wildman–Crippen LogP) is 4.59. The molecule has 1 saturated carbocycles. The van der Waals surface area contributed by atoms with Crippen LogP contribution in [0.5, 0.6) is 0 Å². The molecule has 0 spiro atoms. The van der Waals surface area contributed by atoms with E-state index in [9.17, 15) is 5.26 Å². The van der Waals surface area contributed by atoms with Crippen LogP contribution in [-0.4, -0.2) is 33.2 Å². The molecule has 1 aliphatic heterocycles. The summed E-state index contributed by atoms with van der Waals surface area (Å²) in [5, 5.41) is 9.30. The number of para-hydroxylation sites is 2.